The quantitative estimate of drug-likeness (QED) is 0.734. The predicted molar refractivity (Wildman–Crippen MR) is 106 cm³/mol. The van der Waals surface area contributed by atoms with Crippen molar-refractivity contribution in [2.24, 2.45) is 5.73 Å². The molecule has 9 heteroatoms. The lowest BCUT2D eigenvalue weighted by Gasteiger charge is -2.37. The van der Waals surface area contributed by atoms with Gasteiger partial charge in [0.1, 0.15) is 6.54 Å². The van der Waals surface area contributed by atoms with E-state index < -0.39 is 11.1 Å². The summed E-state index contributed by atoms with van der Waals surface area (Å²) in [5.41, 5.74) is 6.39. The summed E-state index contributed by atoms with van der Waals surface area (Å²) in [4.78, 5) is 40.2. The highest BCUT2D eigenvalue weighted by Crippen LogP contribution is 2.34. The highest BCUT2D eigenvalue weighted by atomic mass is 32.2. The third kappa shape index (κ3) is 4.31. The molecule has 0 unspecified atom stereocenters. The van der Waals surface area contributed by atoms with Crippen LogP contribution in [0.5, 0.6) is 11.5 Å². The summed E-state index contributed by atoms with van der Waals surface area (Å²) in [6, 6.07) is 4.61. The molecule has 28 heavy (non-hydrogen) atoms. The largest absolute Gasteiger partial charge is 0.504 e. The summed E-state index contributed by atoms with van der Waals surface area (Å²) in [6.45, 7) is 2.72. The number of phenolic OH excluding ortho intramolecular Hbond substituents is 1. The van der Waals surface area contributed by atoms with E-state index in [1.165, 1.54) is 19.3 Å². The average molecular weight is 405 g/mol. The van der Waals surface area contributed by atoms with Crippen LogP contribution in [0.1, 0.15) is 25.3 Å². The Bertz CT molecular complexity index is 842. The maximum absolute atomic E-state index is 12.6. The third-order valence-corrected chi connectivity index (χ3v) is 5.83. The molecule has 150 valence electrons. The van der Waals surface area contributed by atoms with Gasteiger partial charge in [-0.2, -0.15) is 0 Å². The highest BCUT2D eigenvalue weighted by Gasteiger charge is 2.38. The monoisotopic (exact) mass is 405 g/mol. The number of nitrogens with zero attached hydrogens (tertiary/aromatic N) is 2. The Kier molecular flexibility index (Phi) is 5.66. The molecule has 0 aromatic heterocycles. The molecular weight excluding hydrogens is 382 g/mol. The number of hydrogen-bond donors (Lipinski definition) is 2. The lowest BCUT2D eigenvalue weighted by atomic mass is 9.91. The molecule has 0 spiro atoms. The van der Waals surface area contributed by atoms with Crippen LogP contribution < -0.4 is 10.5 Å². The molecule has 2 aliphatic heterocycles. The lowest BCUT2D eigenvalue weighted by molar-refractivity contribution is -0.137. The van der Waals surface area contributed by atoms with Crippen molar-refractivity contribution < 1.29 is 24.2 Å². The van der Waals surface area contributed by atoms with Gasteiger partial charge in [0.25, 0.3) is 11.1 Å². The first-order valence-corrected chi connectivity index (χ1v) is 9.71. The normalized spacial score (nSPS) is 20.8. The molecule has 2 saturated heterocycles. The van der Waals surface area contributed by atoms with Crippen molar-refractivity contribution in [1.82, 2.24) is 9.80 Å². The fraction of sp³-hybridized carbons (Fsp3) is 0.421. The average Bonchev–Trinajstić information content (AvgIpc) is 2.90. The first-order valence-electron chi connectivity index (χ1n) is 8.89. The Morgan fingerprint density at radius 1 is 1.36 bits per heavy atom. The second-order valence-corrected chi connectivity index (χ2v) is 8.23. The summed E-state index contributed by atoms with van der Waals surface area (Å²) >= 11 is 0.787. The number of piperidine rings is 1. The number of hydrogen-bond acceptors (Lipinski definition) is 7. The summed E-state index contributed by atoms with van der Waals surface area (Å²) in [7, 11) is 1.42. The van der Waals surface area contributed by atoms with E-state index in [0.717, 1.165) is 16.7 Å². The maximum Gasteiger partial charge on any atom is 0.294 e. The number of phenols is 1. The predicted octanol–water partition coefficient (Wildman–Crippen LogP) is 1.78. The van der Waals surface area contributed by atoms with Crippen molar-refractivity contribution in [1.29, 1.82) is 0 Å². The number of carbonyl (C=O) groups is 3. The minimum Gasteiger partial charge on any atom is -0.504 e. The van der Waals surface area contributed by atoms with Gasteiger partial charge >= 0.3 is 0 Å². The van der Waals surface area contributed by atoms with E-state index in [0.29, 0.717) is 31.5 Å². The molecule has 8 nitrogen and oxygen atoms in total. The zero-order chi connectivity index (χ0) is 20.5. The van der Waals surface area contributed by atoms with E-state index in [9.17, 15) is 19.5 Å². The lowest BCUT2D eigenvalue weighted by Crippen LogP contribution is -2.52. The van der Waals surface area contributed by atoms with E-state index in [1.807, 2.05) is 6.92 Å². The van der Waals surface area contributed by atoms with Crippen molar-refractivity contribution >= 4 is 34.9 Å². The standard InChI is InChI=1S/C19H23N3O5S/c1-19(20)5-7-21(8-6-19)16(24)11-22-17(25)15(28-18(22)26)10-12-3-4-13(23)14(9-12)27-2/h3-4,9-10,23H,5-8,11,20H2,1-2H3. The van der Waals surface area contributed by atoms with E-state index in [2.05, 4.69) is 0 Å². The molecular formula is C19H23N3O5S. The molecule has 0 aliphatic carbocycles. The van der Waals surface area contributed by atoms with Crippen LogP contribution in [0.3, 0.4) is 0 Å². The van der Waals surface area contributed by atoms with Gasteiger partial charge in [-0.25, -0.2) is 0 Å². The van der Waals surface area contributed by atoms with Gasteiger partial charge in [0.2, 0.25) is 5.91 Å². The summed E-state index contributed by atoms with van der Waals surface area (Å²) in [6.07, 6.45) is 2.91. The number of thioether (sulfide) groups is 1. The van der Waals surface area contributed by atoms with Crippen molar-refractivity contribution in [2.75, 3.05) is 26.7 Å². The second-order valence-electron chi connectivity index (χ2n) is 7.23. The highest BCUT2D eigenvalue weighted by molar-refractivity contribution is 8.18. The van der Waals surface area contributed by atoms with Gasteiger partial charge in [-0.05, 0) is 55.3 Å². The molecule has 0 bridgehead atoms. The van der Waals surface area contributed by atoms with Crippen LogP contribution >= 0.6 is 11.8 Å². The van der Waals surface area contributed by atoms with Gasteiger partial charge in [-0.3, -0.25) is 19.3 Å². The molecule has 1 aromatic rings. The van der Waals surface area contributed by atoms with Gasteiger partial charge in [0.05, 0.1) is 12.0 Å². The number of amides is 3. The van der Waals surface area contributed by atoms with Crippen LogP contribution in [0.15, 0.2) is 23.1 Å². The fourth-order valence-corrected chi connectivity index (χ4v) is 3.91. The van der Waals surface area contributed by atoms with Crippen LogP contribution in [0.2, 0.25) is 0 Å². The first-order chi connectivity index (χ1) is 13.2. The Hall–Kier alpha value is -2.52. The Labute approximate surface area is 167 Å². The molecule has 3 rings (SSSR count). The number of likely N-dealkylation sites (tertiary alicyclic amines) is 1. The van der Waals surface area contributed by atoms with E-state index in [4.69, 9.17) is 10.5 Å². The van der Waals surface area contributed by atoms with Crippen LogP contribution in [0.4, 0.5) is 4.79 Å². The fourth-order valence-electron chi connectivity index (χ4n) is 3.07. The topological polar surface area (TPSA) is 113 Å². The Morgan fingerprint density at radius 3 is 2.68 bits per heavy atom. The number of benzene rings is 1. The molecule has 3 N–H and O–H groups in total. The molecule has 1 aromatic carbocycles. The van der Waals surface area contributed by atoms with Crippen LogP contribution in [-0.4, -0.2) is 64.2 Å². The minimum absolute atomic E-state index is 0.0199. The molecule has 0 saturated carbocycles. The van der Waals surface area contributed by atoms with Crippen molar-refractivity contribution in [3.63, 3.8) is 0 Å². The number of aromatic hydroxyl groups is 1. The molecule has 3 amide bonds. The van der Waals surface area contributed by atoms with Gasteiger partial charge in [-0.1, -0.05) is 6.07 Å². The maximum atomic E-state index is 12.6. The number of ether oxygens (including phenoxy) is 1. The Morgan fingerprint density at radius 2 is 2.04 bits per heavy atom. The summed E-state index contributed by atoms with van der Waals surface area (Å²) < 4.78 is 5.05. The van der Waals surface area contributed by atoms with E-state index in [1.54, 1.807) is 17.0 Å². The van der Waals surface area contributed by atoms with Crippen LogP contribution in [-0.2, 0) is 9.59 Å². The number of imide groups is 1. The molecule has 0 radical (unpaired) electrons. The van der Waals surface area contributed by atoms with Gasteiger partial charge in [0, 0.05) is 18.6 Å². The molecule has 2 aliphatic rings. The molecule has 2 fully saturated rings. The van der Waals surface area contributed by atoms with E-state index in [-0.39, 0.29) is 34.4 Å². The molecule has 0 atom stereocenters. The van der Waals surface area contributed by atoms with Gasteiger partial charge in [-0.15, -0.1) is 0 Å². The van der Waals surface area contributed by atoms with Crippen molar-refractivity contribution in [2.45, 2.75) is 25.3 Å². The number of carbonyl (C=O) groups excluding carboxylic acids is 3. The number of rotatable bonds is 4. The molecule has 2 heterocycles. The summed E-state index contributed by atoms with van der Waals surface area (Å²) in [5.74, 6) is -0.518. The van der Waals surface area contributed by atoms with Crippen LogP contribution in [0.25, 0.3) is 6.08 Å². The van der Waals surface area contributed by atoms with Crippen LogP contribution in [0, 0.1) is 0 Å². The number of methoxy groups -OCH3 is 1. The zero-order valence-corrected chi connectivity index (χ0v) is 16.6. The minimum atomic E-state index is -0.504. The zero-order valence-electron chi connectivity index (χ0n) is 15.8. The van der Waals surface area contributed by atoms with Crippen molar-refractivity contribution in [3.8, 4) is 11.5 Å². The second kappa shape index (κ2) is 7.84. The first kappa shape index (κ1) is 20.2. The van der Waals surface area contributed by atoms with E-state index >= 15 is 0 Å². The third-order valence-electron chi connectivity index (χ3n) is 4.93. The smallest absolute Gasteiger partial charge is 0.294 e. The van der Waals surface area contributed by atoms with Crippen molar-refractivity contribution in [3.05, 3.63) is 28.7 Å². The van der Waals surface area contributed by atoms with Gasteiger partial charge in [0.15, 0.2) is 11.5 Å². The van der Waals surface area contributed by atoms with Gasteiger partial charge < -0.3 is 20.5 Å². The summed E-state index contributed by atoms with van der Waals surface area (Å²) in [5, 5.41) is 9.18. The Balaban J connectivity index is 1.69. The SMILES string of the molecule is COc1cc(C=C2SC(=O)N(CC(=O)N3CCC(C)(N)CC3)C2=O)ccc1O. The number of nitrogens with two attached hydrogens (primary N) is 1.